The monoisotopic (exact) mass is 368 g/mol. The summed E-state index contributed by atoms with van der Waals surface area (Å²) < 4.78 is 0. The molecule has 0 saturated heterocycles. The van der Waals surface area contributed by atoms with E-state index in [-0.39, 0.29) is 0 Å². The first-order chi connectivity index (χ1) is 12.4. The van der Waals surface area contributed by atoms with E-state index >= 15 is 0 Å². The van der Waals surface area contributed by atoms with E-state index in [0.29, 0.717) is 0 Å². The molecule has 0 aliphatic heterocycles. The molecule has 0 saturated carbocycles. The number of benzene rings is 1. The highest BCUT2D eigenvalue weighted by Gasteiger charge is 2.14. The van der Waals surface area contributed by atoms with E-state index in [2.05, 4.69) is 82.4 Å². The van der Waals surface area contributed by atoms with Crippen molar-refractivity contribution in [3.8, 4) is 0 Å². The van der Waals surface area contributed by atoms with Gasteiger partial charge in [-0.15, -0.1) is 0 Å². The predicted octanol–water partition coefficient (Wildman–Crippen LogP) is 9.15. The van der Waals surface area contributed by atoms with Gasteiger partial charge in [0.25, 0.3) is 0 Å². The predicted molar refractivity (Wildman–Crippen MR) is 129 cm³/mol. The number of rotatable bonds is 3. The molecule has 0 bridgehead atoms. The zero-order chi connectivity index (χ0) is 22.1. The lowest BCUT2D eigenvalue weighted by molar-refractivity contribution is 1.16. The van der Waals surface area contributed by atoms with Crippen molar-refractivity contribution < 1.29 is 0 Å². The van der Waals surface area contributed by atoms with Crippen LogP contribution in [0.3, 0.4) is 0 Å². The number of hydrogen-bond donors (Lipinski definition) is 0. The Bertz CT molecular complexity index is 697. The van der Waals surface area contributed by atoms with Crippen LogP contribution in [-0.2, 0) is 0 Å². The molecular weight excluding hydrogens is 324 g/mol. The second-order valence-electron chi connectivity index (χ2n) is 7.52. The highest BCUT2D eigenvalue weighted by molar-refractivity contribution is 5.81. The first-order valence-corrected chi connectivity index (χ1v) is 10.1. The van der Waals surface area contributed by atoms with Crippen molar-refractivity contribution in [2.45, 2.75) is 90.0 Å². The average molecular weight is 369 g/mol. The fourth-order valence-corrected chi connectivity index (χ4v) is 2.89. The van der Waals surface area contributed by atoms with Gasteiger partial charge in [0.05, 0.1) is 0 Å². The minimum atomic E-state index is 1.17. The summed E-state index contributed by atoms with van der Waals surface area (Å²) in [6, 6.07) is 0. The van der Waals surface area contributed by atoms with E-state index in [9.17, 15) is 0 Å². The Balaban J connectivity index is 0. The van der Waals surface area contributed by atoms with Gasteiger partial charge in [-0.25, -0.2) is 0 Å². The van der Waals surface area contributed by atoms with Gasteiger partial charge >= 0.3 is 0 Å². The zero-order valence-electron chi connectivity index (χ0n) is 20.5. The fourth-order valence-electron chi connectivity index (χ4n) is 2.89. The molecule has 0 radical (unpaired) electrons. The van der Waals surface area contributed by atoms with Crippen molar-refractivity contribution in [2.24, 2.45) is 0 Å². The Hall–Kier alpha value is -1.82. The maximum absolute atomic E-state index is 3.96. The van der Waals surface area contributed by atoms with Crippen LogP contribution < -0.4 is 0 Å². The summed E-state index contributed by atoms with van der Waals surface area (Å²) >= 11 is 0. The van der Waals surface area contributed by atoms with Crippen molar-refractivity contribution in [2.75, 3.05) is 0 Å². The van der Waals surface area contributed by atoms with E-state index in [0.717, 1.165) is 0 Å². The van der Waals surface area contributed by atoms with Crippen molar-refractivity contribution >= 4 is 5.57 Å². The van der Waals surface area contributed by atoms with Gasteiger partial charge in [-0.2, -0.15) is 0 Å². The van der Waals surface area contributed by atoms with Gasteiger partial charge in [0.1, 0.15) is 0 Å². The SMILES string of the molecule is C=C(C)C(C)=C(C)C.C=CC(=C(C)C)c1c(C)c(C)c(C)c(C)c1C.CC. The summed E-state index contributed by atoms with van der Waals surface area (Å²) in [5.41, 5.74) is 14.9. The van der Waals surface area contributed by atoms with Crippen LogP contribution in [0, 0.1) is 34.6 Å². The molecule has 0 spiro atoms. The van der Waals surface area contributed by atoms with Crippen LogP contribution in [0.2, 0.25) is 0 Å². The van der Waals surface area contributed by atoms with Crippen molar-refractivity contribution in [1.82, 2.24) is 0 Å². The molecule has 1 aromatic carbocycles. The number of hydrogen-bond acceptors (Lipinski definition) is 0. The molecular formula is C27H44. The molecule has 1 aromatic rings. The molecule has 0 unspecified atom stereocenters. The Morgan fingerprint density at radius 3 is 1.15 bits per heavy atom. The maximum Gasteiger partial charge on any atom is -0.0121 e. The number of allylic oxidation sites excluding steroid dienone is 6. The van der Waals surface area contributed by atoms with E-state index in [1.54, 1.807) is 0 Å². The van der Waals surface area contributed by atoms with Crippen LogP contribution in [0.15, 0.2) is 41.5 Å². The molecule has 0 heteroatoms. The lowest BCUT2D eigenvalue weighted by Crippen LogP contribution is -2.02. The third-order valence-corrected chi connectivity index (χ3v) is 5.40. The van der Waals surface area contributed by atoms with Crippen molar-refractivity contribution in [1.29, 1.82) is 0 Å². The zero-order valence-corrected chi connectivity index (χ0v) is 20.5. The Morgan fingerprint density at radius 1 is 0.630 bits per heavy atom. The standard InChI is InChI=1S/C17H24.C8H14.C2H6/c1-9-16(10(2)3)17-14(7)12(5)11(4)13(6)15(17)8;1-6(2)8(5)7(3)4;1-2/h9H,1H2,2-8H3;1H2,2-5H3;1-2H3. The van der Waals surface area contributed by atoms with Gasteiger partial charge in [-0.1, -0.05) is 55.4 Å². The normalized spacial score (nSPS) is 9.22. The largest absolute Gasteiger partial charge is 0.0984 e. The Labute approximate surface area is 170 Å². The summed E-state index contributed by atoms with van der Waals surface area (Å²) in [5.74, 6) is 0. The molecule has 0 nitrogen and oxygen atoms in total. The van der Waals surface area contributed by atoms with E-state index in [1.807, 2.05) is 26.8 Å². The average Bonchev–Trinajstić information content (AvgIpc) is 2.62. The van der Waals surface area contributed by atoms with Crippen molar-refractivity contribution in [3.63, 3.8) is 0 Å². The molecule has 0 fully saturated rings. The summed E-state index contributed by atoms with van der Waals surface area (Å²) in [5, 5.41) is 0. The first kappa shape index (κ1) is 27.4. The van der Waals surface area contributed by atoms with Crippen LogP contribution in [0.25, 0.3) is 5.57 Å². The maximum atomic E-state index is 3.96. The minimum absolute atomic E-state index is 1.17. The van der Waals surface area contributed by atoms with Gasteiger partial charge in [0.2, 0.25) is 0 Å². The molecule has 0 heterocycles. The smallest absolute Gasteiger partial charge is 0.0121 e. The highest BCUT2D eigenvalue weighted by Crippen LogP contribution is 2.32. The second kappa shape index (κ2) is 12.5. The summed E-state index contributed by atoms with van der Waals surface area (Å²) in [6.07, 6.45) is 1.98. The van der Waals surface area contributed by atoms with Gasteiger partial charge in [-0.3, -0.25) is 0 Å². The van der Waals surface area contributed by atoms with Crippen molar-refractivity contribution in [3.05, 3.63) is 74.9 Å². The second-order valence-corrected chi connectivity index (χ2v) is 7.52. The lowest BCUT2D eigenvalue weighted by atomic mass is 9.85. The van der Waals surface area contributed by atoms with Crippen LogP contribution in [0.1, 0.15) is 88.8 Å². The molecule has 0 amide bonds. The minimum Gasteiger partial charge on any atom is -0.0984 e. The van der Waals surface area contributed by atoms with Crippen LogP contribution in [0.5, 0.6) is 0 Å². The summed E-state index contributed by atoms with van der Waals surface area (Å²) in [6.45, 7) is 35.5. The third-order valence-electron chi connectivity index (χ3n) is 5.40. The van der Waals surface area contributed by atoms with Gasteiger partial charge in [-0.05, 0) is 115 Å². The van der Waals surface area contributed by atoms with Gasteiger partial charge in [0, 0.05) is 0 Å². The topological polar surface area (TPSA) is 0 Å². The molecule has 0 N–H and O–H groups in total. The van der Waals surface area contributed by atoms with Gasteiger partial charge < -0.3 is 0 Å². The molecule has 0 aliphatic carbocycles. The summed E-state index contributed by atoms with van der Waals surface area (Å²) in [7, 11) is 0. The Kier molecular flexibility index (Phi) is 12.7. The quantitative estimate of drug-likeness (QED) is 0.466. The molecule has 1 rings (SSSR count). The van der Waals surface area contributed by atoms with Crippen LogP contribution in [0.4, 0.5) is 0 Å². The molecule has 152 valence electrons. The van der Waals surface area contributed by atoms with Gasteiger partial charge in [0.15, 0.2) is 0 Å². The van der Waals surface area contributed by atoms with E-state index in [1.165, 1.54) is 61.2 Å². The van der Waals surface area contributed by atoms with E-state index < -0.39 is 0 Å². The van der Waals surface area contributed by atoms with E-state index in [4.69, 9.17) is 0 Å². The third kappa shape index (κ3) is 7.37. The van der Waals surface area contributed by atoms with Crippen LogP contribution in [-0.4, -0.2) is 0 Å². The molecule has 0 aliphatic rings. The summed E-state index contributed by atoms with van der Waals surface area (Å²) in [4.78, 5) is 0. The molecule has 27 heavy (non-hydrogen) atoms. The first-order valence-electron chi connectivity index (χ1n) is 10.1. The molecule has 0 aromatic heterocycles. The highest BCUT2D eigenvalue weighted by atomic mass is 14.2. The van der Waals surface area contributed by atoms with Crippen LogP contribution >= 0.6 is 0 Å². The Morgan fingerprint density at radius 2 is 0.963 bits per heavy atom. The fraction of sp³-hybridized carbons (Fsp3) is 0.481. The lowest BCUT2D eigenvalue weighted by Gasteiger charge is -2.20. The molecule has 0 atom stereocenters.